The van der Waals surface area contributed by atoms with Crippen molar-refractivity contribution in [1.29, 1.82) is 0 Å². The zero-order chi connectivity index (χ0) is 15.9. The Balaban J connectivity index is 2.18. The van der Waals surface area contributed by atoms with E-state index >= 15 is 0 Å². The summed E-state index contributed by atoms with van der Waals surface area (Å²) in [4.78, 5) is 0. The predicted octanol–water partition coefficient (Wildman–Crippen LogP) is 5.74. The highest BCUT2D eigenvalue weighted by Crippen LogP contribution is 2.19. The summed E-state index contributed by atoms with van der Waals surface area (Å²) < 4.78 is 11.5. The Hall–Kier alpha value is -1.70. The lowest BCUT2D eigenvalue weighted by atomic mass is 10.2. The highest BCUT2D eigenvalue weighted by Gasteiger charge is 1.98. The van der Waals surface area contributed by atoms with Crippen molar-refractivity contribution in [3.05, 3.63) is 48.6 Å². The summed E-state index contributed by atoms with van der Waals surface area (Å²) in [5.74, 6) is 1.64. The Morgan fingerprint density at radius 3 is 2.18 bits per heavy atom. The zero-order valence-corrected chi connectivity index (χ0v) is 14.0. The van der Waals surface area contributed by atoms with Gasteiger partial charge in [-0.1, -0.05) is 24.3 Å². The Bertz CT molecular complexity index is 398. The van der Waals surface area contributed by atoms with E-state index in [4.69, 9.17) is 9.47 Å². The summed E-state index contributed by atoms with van der Waals surface area (Å²) >= 11 is 0. The molecule has 1 radical (unpaired) electrons. The van der Waals surface area contributed by atoms with Crippen LogP contribution in [0, 0.1) is 6.07 Å². The number of ether oxygens (including phenoxy) is 2. The van der Waals surface area contributed by atoms with Crippen molar-refractivity contribution < 1.29 is 9.47 Å². The molecule has 121 valence electrons. The summed E-state index contributed by atoms with van der Waals surface area (Å²) in [7, 11) is 0. The lowest BCUT2D eigenvalue weighted by Gasteiger charge is -2.09. The molecule has 2 heteroatoms. The molecule has 0 heterocycles. The van der Waals surface area contributed by atoms with E-state index in [1.165, 1.54) is 6.42 Å². The average molecular weight is 301 g/mol. The fourth-order valence-electron chi connectivity index (χ4n) is 2.03. The van der Waals surface area contributed by atoms with Crippen molar-refractivity contribution in [2.75, 3.05) is 13.2 Å². The van der Waals surface area contributed by atoms with E-state index in [1.807, 2.05) is 18.2 Å². The molecule has 22 heavy (non-hydrogen) atoms. The van der Waals surface area contributed by atoms with Crippen LogP contribution in [-0.2, 0) is 0 Å². The van der Waals surface area contributed by atoms with Gasteiger partial charge in [0.05, 0.1) is 13.2 Å². The van der Waals surface area contributed by atoms with Gasteiger partial charge < -0.3 is 9.47 Å². The quantitative estimate of drug-likeness (QED) is 0.362. The van der Waals surface area contributed by atoms with E-state index < -0.39 is 0 Å². The van der Waals surface area contributed by atoms with E-state index in [0.717, 1.165) is 56.8 Å². The molecule has 0 aromatic heterocycles. The van der Waals surface area contributed by atoms with Gasteiger partial charge in [-0.05, 0) is 64.5 Å². The van der Waals surface area contributed by atoms with Crippen molar-refractivity contribution in [2.24, 2.45) is 0 Å². The van der Waals surface area contributed by atoms with Gasteiger partial charge in [0.25, 0.3) is 0 Å². The third kappa shape index (κ3) is 9.28. The van der Waals surface area contributed by atoms with Gasteiger partial charge in [-0.2, -0.15) is 0 Å². The van der Waals surface area contributed by atoms with E-state index in [1.54, 1.807) is 0 Å². The Morgan fingerprint density at radius 2 is 1.55 bits per heavy atom. The number of unbranched alkanes of at least 4 members (excludes halogenated alkanes) is 4. The zero-order valence-electron chi connectivity index (χ0n) is 14.0. The third-order valence-electron chi connectivity index (χ3n) is 3.27. The van der Waals surface area contributed by atoms with Crippen molar-refractivity contribution in [3.8, 4) is 11.5 Å². The highest BCUT2D eigenvalue weighted by molar-refractivity contribution is 5.31. The number of benzene rings is 1. The Morgan fingerprint density at radius 1 is 0.909 bits per heavy atom. The second-order valence-electron chi connectivity index (χ2n) is 5.22. The summed E-state index contributed by atoms with van der Waals surface area (Å²) in [6.45, 7) is 5.60. The van der Waals surface area contributed by atoms with Crippen LogP contribution >= 0.6 is 0 Å². The van der Waals surface area contributed by atoms with E-state index in [9.17, 15) is 0 Å². The lowest BCUT2D eigenvalue weighted by molar-refractivity contribution is 0.292. The van der Waals surface area contributed by atoms with Crippen LogP contribution in [-0.4, -0.2) is 13.2 Å². The molecule has 0 unspecified atom stereocenters. The van der Waals surface area contributed by atoms with Crippen LogP contribution in [0.15, 0.2) is 42.5 Å². The van der Waals surface area contributed by atoms with Gasteiger partial charge in [0.2, 0.25) is 0 Å². The van der Waals surface area contributed by atoms with Crippen LogP contribution in [0.2, 0.25) is 0 Å². The molecule has 0 aliphatic heterocycles. The molecule has 0 spiro atoms. The van der Waals surface area contributed by atoms with Crippen molar-refractivity contribution in [3.63, 3.8) is 0 Å². The maximum Gasteiger partial charge on any atom is 0.130 e. The van der Waals surface area contributed by atoms with E-state index in [0.29, 0.717) is 0 Å². The highest BCUT2D eigenvalue weighted by atomic mass is 16.5. The number of hydrogen-bond donors (Lipinski definition) is 0. The fourth-order valence-corrected chi connectivity index (χ4v) is 2.03. The van der Waals surface area contributed by atoms with E-state index in [2.05, 4.69) is 44.2 Å². The minimum absolute atomic E-state index is 0.737. The second kappa shape index (κ2) is 13.0. The first kappa shape index (κ1) is 18.3. The molecule has 0 N–H and O–H groups in total. The molecule has 1 rings (SSSR count). The summed E-state index contributed by atoms with van der Waals surface area (Å²) in [5.41, 5.74) is 0. The van der Waals surface area contributed by atoms with Gasteiger partial charge in [-0.15, -0.1) is 0 Å². The standard InChI is InChI=1S/C20H29O2/c1-3-5-7-9-11-16-21-19-14-13-15-20(18-19)22-17-12-10-8-6-4-2/h3-6,13-14,18H,7-12,16-17H2,1-2H3. The van der Waals surface area contributed by atoms with Gasteiger partial charge in [0.1, 0.15) is 11.5 Å². The van der Waals surface area contributed by atoms with Crippen LogP contribution in [0.3, 0.4) is 0 Å². The summed E-state index contributed by atoms with van der Waals surface area (Å²) in [6.07, 6.45) is 15.3. The maximum absolute atomic E-state index is 5.75. The first-order chi connectivity index (χ1) is 10.9. The SMILES string of the molecule is CC=CCCCCOc1[c]ccc(OCCCCC=CC)c1. The molecule has 1 aromatic carbocycles. The maximum atomic E-state index is 5.75. The number of allylic oxidation sites excluding steroid dienone is 4. The minimum Gasteiger partial charge on any atom is -0.493 e. The molecule has 0 fully saturated rings. The van der Waals surface area contributed by atoms with Gasteiger partial charge in [0.15, 0.2) is 0 Å². The first-order valence-electron chi connectivity index (χ1n) is 8.36. The van der Waals surface area contributed by atoms with Gasteiger partial charge >= 0.3 is 0 Å². The predicted molar refractivity (Wildman–Crippen MR) is 93.6 cm³/mol. The molecule has 0 bridgehead atoms. The molecule has 1 aromatic rings. The van der Waals surface area contributed by atoms with Gasteiger partial charge in [-0.3, -0.25) is 0 Å². The molecular formula is C20H29O2. The summed E-state index contributed by atoms with van der Waals surface area (Å²) in [5, 5.41) is 0. The van der Waals surface area contributed by atoms with Crippen molar-refractivity contribution >= 4 is 0 Å². The molecule has 0 atom stereocenters. The molecule has 0 amide bonds. The topological polar surface area (TPSA) is 18.5 Å². The monoisotopic (exact) mass is 301 g/mol. The molecule has 0 aliphatic carbocycles. The van der Waals surface area contributed by atoms with Crippen LogP contribution < -0.4 is 9.47 Å². The average Bonchev–Trinajstić information content (AvgIpc) is 2.54. The Labute approximate surface area is 135 Å². The smallest absolute Gasteiger partial charge is 0.130 e. The minimum atomic E-state index is 0.737. The van der Waals surface area contributed by atoms with Crippen LogP contribution in [0.4, 0.5) is 0 Å². The van der Waals surface area contributed by atoms with Crippen LogP contribution in [0.25, 0.3) is 0 Å². The number of rotatable bonds is 12. The third-order valence-corrected chi connectivity index (χ3v) is 3.27. The molecular weight excluding hydrogens is 272 g/mol. The van der Waals surface area contributed by atoms with Crippen molar-refractivity contribution in [1.82, 2.24) is 0 Å². The van der Waals surface area contributed by atoms with Crippen molar-refractivity contribution in [2.45, 2.75) is 52.4 Å². The van der Waals surface area contributed by atoms with Crippen LogP contribution in [0.1, 0.15) is 52.4 Å². The van der Waals surface area contributed by atoms with E-state index in [-0.39, 0.29) is 0 Å². The Kier molecular flexibility index (Phi) is 10.8. The first-order valence-corrected chi connectivity index (χ1v) is 8.36. The summed E-state index contributed by atoms with van der Waals surface area (Å²) in [6, 6.07) is 8.83. The normalized spacial score (nSPS) is 11.4. The number of hydrogen-bond acceptors (Lipinski definition) is 2. The van der Waals surface area contributed by atoms with Gasteiger partial charge in [-0.25, -0.2) is 0 Å². The second-order valence-corrected chi connectivity index (χ2v) is 5.22. The van der Waals surface area contributed by atoms with Gasteiger partial charge in [0, 0.05) is 12.1 Å². The molecule has 2 nitrogen and oxygen atoms in total. The lowest BCUT2D eigenvalue weighted by Crippen LogP contribution is -1.99. The molecule has 0 saturated carbocycles. The van der Waals surface area contributed by atoms with Crippen LogP contribution in [0.5, 0.6) is 11.5 Å². The molecule has 0 saturated heterocycles. The molecule has 0 aliphatic rings. The largest absolute Gasteiger partial charge is 0.493 e. The fraction of sp³-hybridized carbons (Fsp3) is 0.500.